The summed E-state index contributed by atoms with van der Waals surface area (Å²) >= 11 is 0. The van der Waals surface area contributed by atoms with Gasteiger partial charge in [0, 0.05) is 18.8 Å². The summed E-state index contributed by atoms with van der Waals surface area (Å²) in [6.07, 6.45) is 2.15. The van der Waals surface area contributed by atoms with Gasteiger partial charge in [0.25, 0.3) is 0 Å². The Morgan fingerprint density at radius 1 is 1.18 bits per heavy atom. The molecule has 1 heterocycles. The van der Waals surface area contributed by atoms with E-state index in [0.717, 1.165) is 17.7 Å². The quantitative estimate of drug-likeness (QED) is 0.804. The zero-order valence-corrected chi connectivity index (χ0v) is 17.0. The fourth-order valence-corrected chi connectivity index (χ4v) is 4.98. The van der Waals surface area contributed by atoms with E-state index in [2.05, 4.69) is 5.32 Å². The third-order valence-electron chi connectivity index (χ3n) is 5.11. The number of carbonyl (C=O) groups is 1. The van der Waals surface area contributed by atoms with Crippen molar-refractivity contribution in [3.63, 3.8) is 0 Å². The van der Waals surface area contributed by atoms with Gasteiger partial charge in [-0.05, 0) is 55.2 Å². The Labute approximate surface area is 166 Å². The van der Waals surface area contributed by atoms with Crippen molar-refractivity contribution < 1.29 is 17.9 Å². The fourth-order valence-electron chi connectivity index (χ4n) is 3.46. The van der Waals surface area contributed by atoms with Crippen molar-refractivity contribution in [1.82, 2.24) is 4.31 Å². The second-order valence-electron chi connectivity index (χ2n) is 6.88. The van der Waals surface area contributed by atoms with Gasteiger partial charge in [-0.2, -0.15) is 4.31 Å². The van der Waals surface area contributed by atoms with E-state index in [1.165, 1.54) is 23.5 Å². The molecule has 0 bridgehead atoms. The van der Waals surface area contributed by atoms with Crippen LogP contribution in [-0.4, -0.2) is 38.8 Å². The van der Waals surface area contributed by atoms with Gasteiger partial charge in [0.05, 0.1) is 17.9 Å². The molecule has 1 N–H and O–H groups in total. The average molecular weight is 403 g/mol. The second kappa shape index (κ2) is 8.75. The minimum atomic E-state index is -3.64. The lowest BCUT2D eigenvalue weighted by atomic mass is 9.98. The molecule has 3 rings (SSSR count). The van der Waals surface area contributed by atoms with Crippen LogP contribution in [0.25, 0.3) is 0 Å². The van der Waals surface area contributed by atoms with Crippen LogP contribution in [0.5, 0.6) is 5.75 Å². The molecule has 7 heteroatoms. The summed E-state index contributed by atoms with van der Waals surface area (Å²) in [6.45, 7) is 2.65. The molecule has 1 atom stereocenters. The molecule has 0 unspecified atom stereocenters. The maximum atomic E-state index is 13.0. The van der Waals surface area contributed by atoms with Crippen molar-refractivity contribution in [2.45, 2.75) is 31.1 Å². The summed E-state index contributed by atoms with van der Waals surface area (Å²) in [5.74, 6) is 0.103. The van der Waals surface area contributed by atoms with Crippen LogP contribution < -0.4 is 10.1 Å². The molecule has 0 saturated carbocycles. The lowest BCUT2D eigenvalue weighted by molar-refractivity contribution is -0.120. The Bertz CT molecular complexity index is 926. The summed E-state index contributed by atoms with van der Waals surface area (Å²) in [7, 11) is -2.11. The number of nitrogens with one attached hydrogen (secondary N) is 1. The number of hydrogen-bond donors (Lipinski definition) is 1. The van der Waals surface area contributed by atoms with Gasteiger partial charge in [0.15, 0.2) is 0 Å². The molecule has 2 aromatic carbocycles. The number of methoxy groups -OCH3 is 1. The summed E-state index contributed by atoms with van der Waals surface area (Å²) < 4.78 is 32.4. The van der Waals surface area contributed by atoms with Crippen LogP contribution >= 0.6 is 0 Å². The number of ether oxygens (including phenoxy) is 1. The van der Waals surface area contributed by atoms with Crippen molar-refractivity contribution in [3.05, 3.63) is 54.1 Å². The molecule has 2 aromatic rings. The Kier molecular flexibility index (Phi) is 6.36. The molecule has 150 valence electrons. The van der Waals surface area contributed by atoms with Crippen LogP contribution in [0.2, 0.25) is 0 Å². The van der Waals surface area contributed by atoms with Crippen LogP contribution in [0.1, 0.15) is 25.3 Å². The lowest BCUT2D eigenvalue weighted by Gasteiger charge is -2.31. The van der Waals surface area contributed by atoms with Crippen LogP contribution in [0.15, 0.2) is 53.4 Å². The molecule has 0 aromatic heterocycles. The van der Waals surface area contributed by atoms with Crippen LogP contribution in [-0.2, 0) is 21.2 Å². The van der Waals surface area contributed by atoms with Crippen molar-refractivity contribution in [1.29, 1.82) is 0 Å². The number of aryl methyl sites for hydroxylation is 1. The average Bonchev–Trinajstić information content (AvgIpc) is 2.74. The topological polar surface area (TPSA) is 75.7 Å². The van der Waals surface area contributed by atoms with Gasteiger partial charge in [-0.1, -0.05) is 25.1 Å². The van der Waals surface area contributed by atoms with Crippen molar-refractivity contribution in [3.8, 4) is 5.75 Å². The molecular formula is C21H26N2O4S. The number of sulfonamides is 1. The first-order valence-corrected chi connectivity index (χ1v) is 10.9. The normalized spacial score (nSPS) is 17.9. The number of piperidine rings is 1. The predicted molar refractivity (Wildman–Crippen MR) is 109 cm³/mol. The zero-order valence-electron chi connectivity index (χ0n) is 16.2. The molecule has 1 aliphatic heterocycles. The number of benzene rings is 2. The van der Waals surface area contributed by atoms with Gasteiger partial charge in [-0.3, -0.25) is 4.79 Å². The zero-order chi connectivity index (χ0) is 20.1. The minimum absolute atomic E-state index is 0.129. The number of hydrogen-bond acceptors (Lipinski definition) is 4. The summed E-state index contributed by atoms with van der Waals surface area (Å²) in [6, 6.07) is 14.0. The molecule has 0 spiro atoms. The number of para-hydroxylation sites is 1. The number of rotatable bonds is 6. The first-order valence-electron chi connectivity index (χ1n) is 9.48. The van der Waals surface area contributed by atoms with E-state index in [1.54, 1.807) is 12.1 Å². The van der Waals surface area contributed by atoms with Gasteiger partial charge < -0.3 is 10.1 Å². The highest BCUT2D eigenvalue weighted by Gasteiger charge is 2.33. The van der Waals surface area contributed by atoms with E-state index in [1.807, 2.05) is 31.2 Å². The molecule has 1 saturated heterocycles. The smallest absolute Gasteiger partial charge is 0.243 e. The molecule has 1 amide bonds. The maximum absolute atomic E-state index is 13.0. The van der Waals surface area contributed by atoms with Gasteiger partial charge in [0.2, 0.25) is 15.9 Å². The standard InChI is InChI=1S/C21H26N2O4S/c1-3-16-7-4-5-9-20(16)22-21(24)17-8-6-14-23(15-17)28(25,26)19-12-10-18(27-2)11-13-19/h4-5,7,9-13,17H,3,6,8,14-15H2,1-2H3,(H,22,24)/t17-/m0/s1. The molecular weight excluding hydrogens is 376 g/mol. The maximum Gasteiger partial charge on any atom is 0.243 e. The highest BCUT2D eigenvalue weighted by atomic mass is 32.2. The Hall–Kier alpha value is -2.38. The molecule has 6 nitrogen and oxygen atoms in total. The molecule has 0 aliphatic carbocycles. The molecule has 0 radical (unpaired) electrons. The predicted octanol–water partition coefficient (Wildman–Crippen LogP) is 3.30. The summed E-state index contributed by atoms with van der Waals surface area (Å²) in [4.78, 5) is 13.0. The Balaban J connectivity index is 1.73. The first-order chi connectivity index (χ1) is 13.5. The molecule has 28 heavy (non-hydrogen) atoms. The minimum Gasteiger partial charge on any atom is -0.497 e. The van der Waals surface area contributed by atoms with Gasteiger partial charge >= 0.3 is 0 Å². The number of amides is 1. The van der Waals surface area contributed by atoms with E-state index in [0.29, 0.717) is 25.1 Å². The second-order valence-corrected chi connectivity index (χ2v) is 8.82. The van der Waals surface area contributed by atoms with E-state index in [9.17, 15) is 13.2 Å². The third kappa shape index (κ3) is 4.36. The van der Waals surface area contributed by atoms with E-state index < -0.39 is 10.0 Å². The molecule has 1 fully saturated rings. The number of nitrogens with zero attached hydrogens (tertiary/aromatic N) is 1. The lowest BCUT2D eigenvalue weighted by Crippen LogP contribution is -2.43. The first kappa shape index (κ1) is 20.4. The van der Waals surface area contributed by atoms with E-state index >= 15 is 0 Å². The SMILES string of the molecule is CCc1ccccc1NC(=O)[C@H]1CCCN(S(=O)(=O)c2ccc(OC)cc2)C1. The van der Waals surface area contributed by atoms with E-state index in [4.69, 9.17) is 4.74 Å². The van der Waals surface area contributed by atoms with Gasteiger partial charge in [0.1, 0.15) is 5.75 Å². The summed E-state index contributed by atoms with van der Waals surface area (Å²) in [5.41, 5.74) is 1.86. The van der Waals surface area contributed by atoms with Crippen molar-refractivity contribution in [2.75, 3.05) is 25.5 Å². The van der Waals surface area contributed by atoms with Gasteiger partial charge in [-0.15, -0.1) is 0 Å². The Morgan fingerprint density at radius 3 is 2.57 bits per heavy atom. The van der Waals surface area contributed by atoms with E-state index in [-0.39, 0.29) is 23.3 Å². The highest BCUT2D eigenvalue weighted by molar-refractivity contribution is 7.89. The van der Waals surface area contributed by atoms with Crippen LogP contribution in [0, 0.1) is 5.92 Å². The Morgan fingerprint density at radius 2 is 1.89 bits per heavy atom. The van der Waals surface area contributed by atoms with Gasteiger partial charge in [-0.25, -0.2) is 8.42 Å². The van der Waals surface area contributed by atoms with Crippen LogP contribution in [0.4, 0.5) is 5.69 Å². The highest BCUT2D eigenvalue weighted by Crippen LogP contribution is 2.26. The van der Waals surface area contributed by atoms with Crippen LogP contribution in [0.3, 0.4) is 0 Å². The largest absolute Gasteiger partial charge is 0.497 e. The number of carbonyl (C=O) groups excluding carboxylic acids is 1. The molecule has 1 aliphatic rings. The fraction of sp³-hybridized carbons (Fsp3) is 0.381. The van der Waals surface area contributed by atoms with Crippen molar-refractivity contribution >= 4 is 21.6 Å². The van der Waals surface area contributed by atoms with Crippen molar-refractivity contribution in [2.24, 2.45) is 5.92 Å². The summed E-state index contributed by atoms with van der Waals surface area (Å²) in [5, 5.41) is 2.98. The number of anilines is 1. The monoisotopic (exact) mass is 402 g/mol. The third-order valence-corrected chi connectivity index (χ3v) is 6.99.